The van der Waals surface area contributed by atoms with Gasteiger partial charge in [-0.3, -0.25) is 0 Å². The predicted octanol–water partition coefficient (Wildman–Crippen LogP) is 0.949. The largest absolute Gasteiger partial charge is 0.411 e. The maximum Gasteiger partial charge on any atom is 0.0596 e. The highest BCUT2D eigenvalue weighted by atomic mass is 16.5. The maximum absolute atomic E-state index is 8.54. The van der Waals surface area contributed by atoms with Gasteiger partial charge < -0.3 is 14.8 Å². The van der Waals surface area contributed by atoms with Gasteiger partial charge in [-0.1, -0.05) is 5.16 Å². The van der Waals surface area contributed by atoms with Crippen molar-refractivity contribution < 1.29 is 9.94 Å². The van der Waals surface area contributed by atoms with E-state index in [9.17, 15) is 0 Å². The van der Waals surface area contributed by atoms with Gasteiger partial charge in [-0.25, -0.2) is 0 Å². The summed E-state index contributed by atoms with van der Waals surface area (Å²) >= 11 is 0. The molecule has 1 aliphatic heterocycles. The Morgan fingerprint density at radius 3 is 2.69 bits per heavy atom. The molecular formula is C9H18N2O2. The summed E-state index contributed by atoms with van der Waals surface area (Å²) in [5, 5.41) is 11.8. The Bertz CT molecular complexity index is 161. The average molecular weight is 186 g/mol. The second-order valence-corrected chi connectivity index (χ2v) is 3.35. The molecule has 1 N–H and O–H groups in total. The highest BCUT2D eigenvalue weighted by molar-refractivity contribution is 5.84. The fourth-order valence-corrected chi connectivity index (χ4v) is 1.57. The van der Waals surface area contributed by atoms with Crippen LogP contribution in [0.15, 0.2) is 5.16 Å². The van der Waals surface area contributed by atoms with Crippen molar-refractivity contribution >= 4 is 5.71 Å². The SMILES string of the molecule is COCCCN1CCC(=NO)CC1. The summed E-state index contributed by atoms with van der Waals surface area (Å²) in [6, 6.07) is 0. The van der Waals surface area contributed by atoms with Crippen LogP contribution in [-0.4, -0.2) is 49.2 Å². The average Bonchev–Trinajstić information content (AvgIpc) is 2.19. The molecule has 0 aromatic rings. The molecule has 0 atom stereocenters. The fourth-order valence-electron chi connectivity index (χ4n) is 1.57. The van der Waals surface area contributed by atoms with Gasteiger partial charge in [-0.05, 0) is 6.42 Å². The number of piperidine rings is 1. The minimum atomic E-state index is 0.831. The number of hydrogen-bond donors (Lipinski definition) is 1. The molecule has 0 unspecified atom stereocenters. The van der Waals surface area contributed by atoms with E-state index in [0.717, 1.165) is 51.2 Å². The van der Waals surface area contributed by atoms with Gasteiger partial charge in [0.25, 0.3) is 0 Å². The second-order valence-electron chi connectivity index (χ2n) is 3.35. The molecule has 0 amide bonds. The second kappa shape index (κ2) is 5.94. The van der Waals surface area contributed by atoms with E-state index >= 15 is 0 Å². The fraction of sp³-hybridized carbons (Fsp3) is 0.889. The molecule has 1 aliphatic rings. The lowest BCUT2D eigenvalue weighted by atomic mass is 10.1. The van der Waals surface area contributed by atoms with E-state index in [-0.39, 0.29) is 0 Å². The van der Waals surface area contributed by atoms with Crippen molar-refractivity contribution in [1.29, 1.82) is 0 Å². The molecule has 0 aromatic heterocycles. The highest BCUT2D eigenvalue weighted by Crippen LogP contribution is 2.07. The molecule has 4 heteroatoms. The van der Waals surface area contributed by atoms with Crippen molar-refractivity contribution in [3.63, 3.8) is 0 Å². The lowest BCUT2D eigenvalue weighted by Crippen LogP contribution is -2.34. The Labute approximate surface area is 79.2 Å². The minimum absolute atomic E-state index is 0.831. The van der Waals surface area contributed by atoms with Crippen LogP contribution in [0, 0.1) is 0 Å². The molecule has 1 heterocycles. The zero-order chi connectivity index (χ0) is 9.52. The van der Waals surface area contributed by atoms with Gasteiger partial charge in [0, 0.05) is 46.2 Å². The molecule has 0 radical (unpaired) electrons. The van der Waals surface area contributed by atoms with Crippen LogP contribution in [0.5, 0.6) is 0 Å². The molecule has 4 nitrogen and oxygen atoms in total. The smallest absolute Gasteiger partial charge is 0.0596 e. The van der Waals surface area contributed by atoms with Gasteiger partial charge >= 0.3 is 0 Å². The maximum atomic E-state index is 8.54. The van der Waals surface area contributed by atoms with E-state index in [1.165, 1.54) is 0 Å². The van der Waals surface area contributed by atoms with Crippen LogP contribution in [0.3, 0.4) is 0 Å². The quantitative estimate of drug-likeness (QED) is 0.404. The van der Waals surface area contributed by atoms with Crippen LogP contribution in [0.25, 0.3) is 0 Å². The van der Waals surface area contributed by atoms with Crippen LogP contribution < -0.4 is 0 Å². The number of likely N-dealkylation sites (tertiary alicyclic amines) is 1. The molecule has 0 bridgehead atoms. The standard InChI is InChI=1S/C9H18N2O2/c1-13-8-2-5-11-6-3-9(10-12)4-7-11/h12H,2-8H2,1H3. The van der Waals surface area contributed by atoms with Crippen LogP contribution >= 0.6 is 0 Å². The van der Waals surface area contributed by atoms with Crippen molar-refractivity contribution in [2.24, 2.45) is 5.16 Å². The summed E-state index contributed by atoms with van der Waals surface area (Å²) in [6.07, 6.45) is 2.90. The van der Waals surface area contributed by atoms with E-state index in [1.807, 2.05) is 0 Å². The zero-order valence-electron chi connectivity index (χ0n) is 8.20. The van der Waals surface area contributed by atoms with Gasteiger partial charge in [-0.15, -0.1) is 0 Å². The van der Waals surface area contributed by atoms with E-state index in [4.69, 9.17) is 9.94 Å². The van der Waals surface area contributed by atoms with Crippen molar-refractivity contribution in [3.05, 3.63) is 0 Å². The molecule has 1 fully saturated rings. The molecule has 13 heavy (non-hydrogen) atoms. The van der Waals surface area contributed by atoms with Crippen molar-refractivity contribution in [2.45, 2.75) is 19.3 Å². The van der Waals surface area contributed by atoms with Crippen molar-refractivity contribution in [2.75, 3.05) is 33.4 Å². The first-order chi connectivity index (χ1) is 6.36. The summed E-state index contributed by atoms with van der Waals surface area (Å²) in [5.41, 5.74) is 0.933. The van der Waals surface area contributed by atoms with Gasteiger partial charge in [-0.2, -0.15) is 0 Å². The lowest BCUT2D eigenvalue weighted by Gasteiger charge is -2.26. The first kappa shape index (κ1) is 10.5. The summed E-state index contributed by atoms with van der Waals surface area (Å²) in [6.45, 7) is 3.95. The first-order valence-electron chi connectivity index (χ1n) is 4.78. The van der Waals surface area contributed by atoms with Crippen LogP contribution in [0.2, 0.25) is 0 Å². The van der Waals surface area contributed by atoms with E-state index in [2.05, 4.69) is 10.1 Å². The lowest BCUT2D eigenvalue weighted by molar-refractivity contribution is 0.171. The Morgan fingerprint density at radius 2 is 2.15 bits per heavy atom. The van der Waals surface area contributed by atoms with E-state index in [1.54, 1.807) is 7.11 Å². The number of hydrogen-bond acceptors (Lipinski definition) is 4. The van der Waals surface area contributed by atoms with Crippen LogP contribution in [-0.2, 0) is 4.74 Å². The Kier molecular flexibility index (Phi) is 4.78. The monoisotopic (exact) mass is 186 g/mol. The van der Waals surface area contributed by atoms with E-state index < -0.39 is 0 Å². The van der Waals surface area contributed by atoms with Gasteiger partial charge in [0.15, 0.2) is 0 Å². The van der Waals surface area contributed by atoms with Crippen LogP contribution in [0.4, 0.5) is 0 Å². The number of oxime groups is 1. The number of rotatable bonds is 4. The molecule has 1 saturated heterocycles. The molecule has 1 rings (SSSR count). The molecule has 0 aliphatic carbocycles. The molecule has 76 valence electrons. The molecule has 0 aromatic carbocycles. The topological polar surface area (TPSA) is 45.1 Å². The van der Waals surface area contributed by atoms with Gasteiger partial charge in [0.05, 0.1) is 5.71 Å². The summed E-state index contributed by atoms with van der Waals surface area (Å²) in [5.74, 6) is 0. The molecular weight excluding hydrogens is 168 g/mol. The first-order valence-corrected chi connectivity index (χ1v) is 4.78. The third-order valence-electron chi connectivity index (χ3n) is 2.40. The number of methoxy groups -OCH3 is 1. The van der Waals surface area contributed by atoms with Crippen LogP contribution in [0.1, 0.15) is 19.3 Å². The van der Waals surface area contributed by atoms with Crippen molar-refractivity contribution in [3.8, 4) is 0 Å². The van der Waals surface area contributed by atoms with Crippen molar-refractivity contribution in [1.82, 2.24) is 4.90 Å². The Hall–Kier alpha value is -0.610. The third kappa shape index (κ3) is 3.74. The highest BCUT2D eigenvalue weighted by Gasteiger charge is 2.14. The van der Waals surface area contributed by atoms with Gasteiger partial charge in [0.2, 0.25) is 0 Å². The Morgan fingerprint density at radius 1 is 1.46 bits per heavy atom. The molecule has 0 spiro atoms. The third-order valence-corrected chi connectivity index (χ3v) is 2.40. The minimum Gasteiger partial charge on any atom is -0.411 e. The summed E-state index contributed by atoms with van der Waals surface area (Å²) in [7, 11) is 1.73. The summed E-state index contributed by atoms with van der Waals surface area (Å²) < 4.78 is 4.98. The number of nitrogens with zero attached hydrogens (tertiary/aromatic N) is 2. The molecule has 0 saturated carbocycles. The normalized spacial score (nSPS) is 19.0. The Balaban J connectivity index is 2.10. The zero-order valence-corrected chi connectivity index (χ0v) is 8.20. The van der Waals surface area contributed by atoms with E-state index in [0.29, 0.717) is 0 Å². The summed E-state index contributed by atoms with van der Waals surface area (Å²) in [4.78, 5) is 2.38. The predicted molar refractivity (Wildman–Crippen MR) is 51.4 cm³/mol. The number of ether oxygens (including phenoxy) is 1. The van der Waals surface area contributed by atoms with Gasteiger partial charge in [0.1, 0.15) is 0 Å².